The number of benzene rings is 1. The topological polar surface area (TPSA) is 59.1 Å². The zero-order valence-electron chi connectivity index (χ0n) is 14.8. The van der Waals surface area contributed by atoms with Crippen molar-refractivity contribution in [3.63, 3.8) is 0 Å². The maximum Gasteiger partial charge on any atom is 0.410 e. The van der Waals surface area contributed by atoms with Crippen LogP contribution in [-0.2, 0) is 16.1 Å². The predicted molar refractivity (Wildman–Crippen MR) is 90.6 cm³/mol. The molecule has 6 heteroatoms. The van der Waals surface area contributed by atoms with Crippen LogP contribution < -0.4 is 0 Å². The molecule has 0 saturated carbocycles. The fourth-order valence-electron chi connectivity index (χ4n) is 2.52. The van der Waals surface area contributed by atoms with Gasteiger partial charge in [0.1, 0.15) is 12.2 Å². The van der Waals surface area contributed by atoms with Crippen molar-refractivity contribution in [2.45, 2.75) is 45.4 Å². The largest absolute Gasteiger partial charge is 0.445 e. The highest BCUT2D eigenvalue weighted by atomic mass is 16.6. The van der Waals surface area contributed by atoms with Gasteiger partial charge in [-0.05, 0) is 32.8 Å². The van der Waals surface area contributed by atoms with E-state index in [9.17, 15) is 9.59 Å². The molecule has 1 atom stereocenters. The Morgan fingerprint density at radius 2 is 1.92 bits per heavy atom. The number of rotatable bonds is 3. The Morgan fingerprint density at radius 1 is 1.25 bits per heavy atom. The minimum Gasteiger partial charge on any atom is -0.445 e. The molecule has 132 valence electrons. The number of ether oxygens (including phenoxy) is 2. The number of hydrogen-bond acceptors (Lipinski definition) is 4. The highest BCUT2D eigenvalue weighted by Crippen LogP contribution is 2.19. The molecule has 1 aromatic carbocycles. The Kier molecular flexibility index (Phi) is 5.70. The average Bonchev–Trinajstić information content (AvgIpc) is 3.01. The van der Waals surface area contributed by atoms with Gasteiger partial charge in [-0.15, -0.1) is 0 Å². The van der Waals surface area contributed by atoms with Crippen LogP contribution in [0.4, 0.5) is 9.59 Å². The van der Waals surface area contributed by atoms with Crippen LogP contribution >= 0.6 is 0 Å². The SMILES string of the molecule is CN(C(=O)OCc1ccccc1)C1CCN(C(=O)OC(C)(C)C)C1. The first-order valence-corrected chi connectivity index (χ1v) is 8.18. The molecule has 6 nitrogen and oxygen atoms in total. The number of carbonyl (C=O) groups excluding carboxylic acids is 2. The lowest BCUT2D eigenvalue weighted by Crippen LogP contribution is -2.41. The molecular weight excluding hydrogens is 308 g/mol. The quantitative estimate of drug-likeness (QED) is 0.851. The van der Waals surface area contributed by atoms with Gasteiger partial charge >= 0.3 is 12.2 Å². The van der Waals surface area contributed by atoms with Crippen molar-refractivity contribution in [2.24, 2.45) is 0 Å². The third-order valence-electron chi connectivity index (χ3n) is 3.86. The Hall–Kier alpha value is -2.24. The van der Waals surface area contributed by atoms with E-state index >= 15 is 0 Å². The van der Waals surface area contributed by atoms with Crippen molar-refractivity contribution in [3.05, 3.63) is 35.9 Å². The summed E-state index contributed by atoms with van der Waals surface area (Å²) in [5.41, 5.74) is 0.427. The van der Waals surface area contributed by atoms with E-state index in [0.29, 0.717) is 13.1 Å². The molecule has 1 heterocycles. The summed E-state index contributed by atoms with van der Waals surface area (Å²) in [5.74, 6) is 0. The van der Waals surface area contributed by atoms with E-state index < -0.39 is 5.60 Å². The maximum absolute atomic E-state index is 12.2. The zero-order valence-corrected chi connectivity index (χ0v) is 14.8. The Labute approximate surface area is 143 Å². The monoisotopic (exact) mass is 334 g/mol. The Bertz CT molecular complexity index is 568. The summed E-state index contributed by atoms with van der Waals surface area (Å²) in [6.45, 7) is 6.80. The van der Waals surface area contributed by atoms with Crippen molar-refractivity contribution in [1.29, 1.82) is 0 Å². The molecule has 2 rings (SSSR count). The second-order valence-electron chi connectivity index (χ2n) is 7.02. The standard InChI is InChI=1S/C18H26N2O4/c1-18(2,3)24-17(22)20-11-10-15(12-20)19(4)16(21)23-13-14-8-6-5-7-9-14/h5-9,15H,10-13H2,1-4H3. The van der Waals surface area contributed by atoms with Gasteiger partial charge in [0.05, 0.1) is 6.04 Å². The van der Waals surface area contributed by atoms with E-state index in [4.69, 9.17) is 9.47 Å². The van der Waals surface area contributed by atoms with Crippen LogP contribution in [0.5, 0.6) is 0 Å². The van der Waals surface area contributed by atoms with Gasteiger partial charge in [0.15, 0.2) is 0 Å². The van der Waals surface area contributed by atoms with Gasteiger partial charge in [-0.25, -0.2) is 9.59 Å². The summed E-state index contributed by atoms with van der Waals surface area (Å²) in [6.07, 6.45) is 0.00171. The highest BCUT2D eigenvalue weighted by Gasteiger charge is 2.33. The summed E-state index contributed by atoms with van der Waals surface area (Å²) >= 11 is 0. The molecule has 0 N–H and O–H groups in total. The summed E-state index contributed by atoms with van der Waals surface area (Å²) in [4.78, 5) is 27.5. The van der Waals surface area contributed by atoms with Gasteiger partial charge in [0.25, 0.3) is 0 Å². The molecule has 0 aromatic heterocycles. The average molecular weight is 334 g/mol. The Morgan fingerprint density at radius 3 is 2.54 bits per heavy atom. The van der Waals surface area contributed by atoms with Crippen molar-refractivity contribution >= 4 is 12.2 Å². The number of amides is 2. The molecular formula is C18H26N2O4. The first-order chi connectivity index (χ1) is 11.3. The van der Waals surface area contributed by atoms with E-state index in [2.05, 4.69) is 0 Å². The van der Waals surface area contributed by atoms with Gasteiger partial charge in [-0.3, -0.25) is 0 Å². The van der Waals surface area contributed by atoms with E-state index in [1.54, 1.807) is 16.8 Å². The summed E-state index contributed by atoms with van der Waals surface area (Å²) in [6, 6.07) is 9.49. The van der Waals surface area contributed by atoms with E-state index in [0.717, 1.165) is 12.0 Å². The molecule has 1 fully saturated rings. The highest BCUT2D eigenvalue weighted by molar-refractivity contribution is 5.70. The van der Waals surface area contributed by atoms with Crippen LogP contribution in [0.2, 0.25) is 0 Å². The van der Waals surface area contributed by atoms with Crippen molar-refractivity contribution in [1.82, 2.24) is 9.80 Å². The van der Waals surface area contributed by atoms with Gasteiger partial charge in [0.2, 0.25) is 0 Å². The molecule has 0 bridgehead atoms. The second kappa shape index (κ2) is 7.55. The van der Waals surface area contributed by atoms with Crippen LogP contribution in [0.25, 0.3) is 0 Å². The normalized spacial score (nSPS) is 17.5. The molecule has 0 aliphatic carbocycles. The van der Waals surface area contributed by atoms with Gasteiger partial charge in [-0.2, -0.15) is 0 Å². The van der Waals surface area contributed by atoms with Gasteiger partial charge in [0, 0.05) is 20.1 Å². The minimum absolute atomic E-state index is 0.0548. The van der Waals surface area contributed by atoms with E-state index in [1.165, 1.54) is 0 Å². The predicted octanol–water partition coefficient (Wildman–Crippen LogP) is 3.26. The number of likely N-dealkylation sites (N-methyl/N-ethyl adjacent to an activating group) is 1. The summed E-state index contributed by atoms with van der Waals surface area (Å²) in [5, 5.41) is 0. The smallest absolute Gasteiger partial charge is 0.410 e. The molecule has 2 amide bonds. The number of hydrogen-bond donors (Lipinski definition) is 0. The molecule has 1 aliphatic rings. The third-order valence-corrected chi connectivity index (χ3v) is 3.86. The molecule has 1 unspecified atom stereocenters. The number of likely N-dealkylation sites (tertiary alicyclic amines) is 1. The number of nitrogens with zero attached hydrogens (tertiary/aromatic N) is 2. The maximum atomic E-state index is 12.2. The van der Waals surface area contributed by atoms with Crippen LogP contribution in [0.1, 0.15) is 32.8 Å². The fourth-order valence-corrected chi connectivity index (χ4v) is 2.52. The molecule has 0 radical (unpaired) electrons. The van der Waals surface area contributed by atoms with Gasteiger partial charge in [-0.1, -0.05) is 30.3 Å². The van der Waals surface area contributed by atoms with E-state index in [1.807, 2.05) is 51.1 Å². The summed E-state index contributed by atoms with van der Waals surface area (Å²) in [7, 11) is 1.70. The molecule has 0 spiro atoms. The first-order valence-electron chi connectivity index (χ1n) is 8.18. The zero-order chi connectivity index (χ0) is 17.7. The fraction of sp³-hybridized carbons (Fsp3) is 0.556. The van der Waals surface area contributed by atoms with Crippen LogP contribution in [0.15, 0.2) is 30.3 Å². The van der Waals surface area contributed by atoms with Crippen molar-refractivity contribution in [2.75, 3.05) is 20.1 Å². The van der Waals surface area contributed by atoms with Gasteiger partial charge < -0.3 is 19.3 Å². The molecule has 1 saturated heterocycles. The molecule has 1 aliphatic heterocycles. The van der Waals surface area contributed by atoms with Crippen LogP contribution in [0, 0.1) is 0 Å². The second-order valence-corrected chi connectivity index (χ2v) is 7.02. The minimum atomic E-state index is -0.518. The van der Waals surface area contributed by atoms with Crippen LogP contribution in [0.3, 0.4) is 0 Å². The van der Waals surface area contributed by atoms with Crippen molar-refractivity contribution in [3.8, 4) is 0 Å². The van der Waals surface area contributed by atoms with Crippen LogP contribution in [-0.4, -0.2) is 53.8 Å². The first kappa shape index (κ1) is 18.1. The summed E-state index contributed by atoms with van der Waals surface area (Å²) < 4.78 is 10.7. The van der Waals surface area contributed by atoms with E-state index in [-0.39, 0.29) is 24.8 Å². The molecule has 1 aromatic rings. The Balaban J connectivity index is 1.81. The van der Waals surface area contributed by atoms with Crippen molar-refractivity contribution < 1.29 is 19.1 Å². The lowest BCUT2D eigenvalue weighted by Gasteiger charge is -2.26. The lowest BCUT2D eigenvalue weighted by molar-refractivity contribution is 0.0278. The molecule has 24 heavy (non-hydrogen) atoms. The number of carbonyl (C=O) groups is 2. The lowest BCUT2D eigenvalue weighted by atomic mass is 10.2. The third kappa shape index (κ3) is 5.15.